The standard InChI is InChI=1S/C28H22N2O2/c1-31-26-16-24(15-20-8-12-22(18-30)13-9-20)28(32-2)27-23(4-3-5-25(26)27)14-19-6-10-21(17-29)11-7-19/h3-13,16H,14-15H2,1-2H3. The van der Waals surface area contributed by atoms with Crippen molar-refractivity contribution in [3.05, 3.63) is 106 Å². The highest BCUT2D eigenvalue weighted by molar-refractivity contribution is 5.97. The smallest absolute Gasteiger partial charge is 0.130 e. The first-order chi connectivity index (χ1) is 15.7. The van der Waals surface area contributed by atoms with E-state index in [0.29, 0.717) is 24.0 Å². The van der Waals surface area contributed by atoms with Crippen LogP contribution >= 0.6 is 0 Å². The van der Waals surface area contributed by atoms with Crippen molar-refractivity contribution in [3.63, 3.8) is 0 Å². The Balaban J connectivity index is 1.83. The van der Waals surface area contributed by atoms with Crippen LogP contribution < -0.4 is 9.47 Å². The van der Waals surface area contributed by atoms with Gasteiger partial charge < -0.3 is 9.47 Å². The summed E-state index contributed by atoms with van der Waals surface area (Å²) in [4.78, 5) is 0. The molecule has 32 heavy (non-hydrogen) atoms. The summed E-state index contributed by atoms with van der Waals surface area (Å²) in [7, 11) is 3.38. The fourth-order valence-corrected chi connectivity index (χ4v) is 4.05. The normalized spacial score (nSPS) is 10.4. The molecule has 0 radical (unpaired) electrons. The van der Waals surface area contributed by atoms with Gasteiger partial charge in [-0.15, -0.1) is 0 Å². The molecule has 0 aromatic heterocycles. The van der Waals surface area contributed by atoms with Gasteiger partial charge in [0.1, 0.15) is 11.5 Å². The van der Waals surface area contributed by atoms with Crippen molar-refractivity contribution in [1.82, 2.24) is 0 Å². The Hall–Kier alpha value is -4.28. The first-order valence-corrected chi connectivity index (χ1v) is 10.3. The molecule has 156 valence electrons. The van der Waals surface area contributed by atoms with E-state index in [1.165, 1.54) is 0 Å². The molecule has 0 bridgehead atoms. The van der Waals surface area contributed by atoms with Gasteiger partial charge in [0.05, 0.1) is 37.5 Å². The molecule has 0 aliphatic carbocycles. The van der Waals surface area contributed by atoms with Crippen molar-refractivity contribution in [2.75, 3.05) is 14.2 Å². The van der Waals surface area contributed by atoms with Crippen molar-refractivity contribution >= 4 is 10.8 Å². The third-order valence-corrected chi connectivity index (χ3v) is 5.62. The monoisotopic (exact) mass is 418 g/mol. The lowest BCUT2D eigenvalue weighted by Gasteiger charge is -2.18. The molecular formula is C28H22N2O2. The molecule has 4 heteroatoms. The van der Waals surface area contributed by atoms with Gasteiger partial charge in [0.15, 0.2) is 0 Å². The summed E-state index contributed by atoms with van der Waals surface area (Å²) in [6.45, 7) is 0. The van der Waals surface area contributed by atoms with E-state index in [1.807, 2.05) is 66.7 Å². The fourth-order valence-electron chi connectivity index (χ4n) is 4.05. The van der Waals surface area contributed by atoms with Gasteiger partial charge in [-0.1, -0.05) is 42.5 Å². The molecule has 4 aromatic rings. The highest BCUT2D eigenvalue weighted by Crippen LogP contribution is 2.40. The molecule has 4 nitrogen and oxygen atoms in total. The summed E-state index contributed by atoms with van der Waals surface area (Å²) in [5.41, 5.74) is 5.65. The minimum atomic E-state index is 0.640. The third kappa shape index (κ3) is 4.13. The number of methoxy groups -OCH3 is 2. The maximum Gasteiger partial charge on any atom is 0.130 e. The second-order valence-corrected chi connectivity index (χ2v) is 7.58. The minimum Gasteiger partial charge on any atom is -0.496 e. The van der Waals surface area contributed by atoms with Crippen LogP contribution in [0.5, 0.6) is 11.5 Å². The van der Waals surface area contributed by atoms with E-state index in [2.05, 4.69) is 18.2 Å². The molecule has 0 unspecified atom stereocenters. The van der Waals surface area contributed by atoms with Crippen molar-refractivity contribution in [1.29, 1.82) is 10.5 Å². The molecule has 0 N–H and O–H groups in total. The number of rotatable bonds is 6. The maximum atomic E-state index is 9.07. The highest BCUT2D eigenvalue weighted by atomic mass is 16.5. The van der Waals surface area contributed by atoms with Gasteiger partial charge in [-0.25, -0.2) is 0 Å². The van der Waals surface area contributed by atoms with Gasteiger partial charge in [-0.2, -0.15) is 10.5 Å². The van der Waals surface area contributed by atoms with Gasteiger partial charge in [0, 0.05) is 22.8 Å². The topological polar surface area (TPSA) is 66.0 Å². The number of benzene rings is 4. The summed E-state index contributed by atoms with van der Waals surface area (Å²) < 4.78 is 11.7. The van der Waals surface area contributed by atoms with Crippen LogP contribution in [0.2, 0.25) is 0 Å². The number of nitriles is 2. The zero-order valence-corrected chi connectivity index (χ0v) is 18.1. The van der Waals surface area contributed by atoms with Gasteiger partial charge in [0.2, 0.25) is 0 Å². The van der Waals surface area contributed by atoms with Crippen molar-refractivity contribution < 1.29 is 9.47 Å². The Morgan fingerprint density at radius 2 is 1.25 bits per heavy atom. The second-order valence-electron chi connectivity index (χ2n) is 7.58. The van der Waals surface area contributed by atoms with E-state index in [1.54, 1.807) is 14.2 Å². The SMILES string of the molecule is COc1cc(Cc2ccc(C#N)cc2)c(OC)c2c(Cc3ccc(C#N)cc3)cccc12. The molecule has 4 rings (SSSR count). The van der Waals surface area contributed by atoms with Crippen LogP contribution in [0.3, 0.4) is 0 Å². The summed E-state index contributed by atoms with van der Waals surface area (Å²) in [6, 6.07) is 27.8. The van der Waals surface area contributed by atoms with E-state index in [4.69, 9.17) is 20.0 Å². The molecule has 0 fully saturated rings. The summed E-state index contributed by atoms with van der Waals surface area (Å²) >= 11 is 0. The molecule has 0 heterocycles. The molecular weight excluding hydrogens is 396 g/mol. The average Bonchev–Trinajstić information content (AvgIpc) is 2.84. The molecule has 0 aliphatic rings. The number of fused-ring (bicyclic) bond motifs is 1. The number of hydrogen-bond donors (Lipinski definition) is 0. The van der Waals surface area contributed by atoms with E-state index in [-0.39, 0.29) is 0 Å². The van der Waals surface area contributed by atoms with E-state index in [9.17, 15) is 0 Å². The first-order valence-electron chi connectivity index (χ1n) is 10.3. The van der Waals surface area contributed by atoms with Crippen molar-refractivity contribution in [2.45, 2.75) is 12.8 Å². The van der Waals surface area contributed by atoms with E-state index in [0.717, 1.165) is 44.5 Å². The predicted octanol–water partition coefficient (Wildman–Crippen LogP) is 5.78. The molecule has 0 saturated carbocycles. The first kappa shape index (κ1) is 21.0. The summed E-state index contributed by atoms with van der Waals surface area (Å²) in [5.74, 6) is 1.63. The fraction of sp³-hybridized carbons (Fsp3) is 0.143. The van der Waals surface area contributed by atoms with Crippen LogP contribution in [0.15, 0.2) is 72.8 Å². The third-order valence-electron chi connectivity index (χ3n) is 5.62. The van der Waals surface area contributed by atoms with Crippen LogP contribution in [0.1, 0.15) is 33.4 Å². The Morgan fingerprint density at radius 1 is 0.688 bits per heavy atom. The summed E-state index contributed by atoms with van der Waals surface area (Å²) in [6.07, 6.45) is 1.37. The van der Waals surface area contributed by atoms with Gasteiger partial charge in [-0.05, 0) is 53.4 Å². The van der Waals surface area contributed by atoms with Gasteiger partial charge in [0.25, 0.3) is 0 Å². The molecule has 0 saturated heterocycles. The number of nitrogens with zero attached hydrogens (tertiary/aromatic N) is 2. The van der Waals surface area contributed by atoms with E-state index >= 15 is 0 Å². The summed E-state index contributed by atoms with van der Waals surface area (Å²) in [5, 5.41) is 20.2. The van der Waals surface area contributed by atoms with Crippen LogP contribution in [0, 0.1) is 22.7 Å². The Labute approximate surface area is 187 Å². The van der Waals surface area contributed by atoms with E-state index < -0.39 is 0 Å². The van der Waals surface area contributed by atoms with Crippen LogP contribution in [-0.2, 0) is 12.8 Å². The lowest BCUT2D eigenvalue weighted by Crippen LogP contribution is -2.00. The maximum absolute atomic E-state index is 9.07. The molecule has 0 aliphatic heterocycles. The Bertz CT molecular complexity index is 1340. The van der Waals surface area contributed by atoms with Gasteiger partial charge in [-0.3, -0.25) is 0 Å². The molecule has 0 spiro atoms. The quantitative estimate of drug-likeness (QED) is 0.398. The lowest BCUT2D eigenvalue weighted by molar-refractivity contribution is 0.407. The van der Waals surface area contributed by atoms with Crippen LogP contribution in [-0.4, -0.2) is 14.2 Å². The van der Waals surface area contributed by atoms with Crippen LogP contribution in [0.25, 0.3) is 10.8 Å². The minimum absolute atomic E-state index is 0.640. The zero-order chi connectivity index (χ0) is 22.5. The molecule has 0 atom stereocenters. The predicted molar refractivity (Wildman–Crippen MR) is 125 cm³/mol. The van der Waals surface area contributed by atoms with Crippen LogP contribution in [0.4, 0.5) is 0 Å². The van der Waals surface area contributed by atoms with Gasteiger partial charge >= 0.3 is 0 Å². The lowest BCUT2D eigenvalue weighted by atomic mass is 9.93. The van der Waals surface area contributed by atoms with Crippen molar-refractivity contribution in [2.24, 2.45) is 0 Å². The molecule has 0 amide bonds. The zero-order valence-electron chi connectivity index (χ0n) is 18.1. The number of hydrogen-bond acceptors (Lipinski definition) is 4. The number of ether oxygens (including phenoxy) is 2. The second kappa shape index (κ2) is 9.25. The average molecular weight is 418 g/mol. The Kier molecular flexibility index (Phi) is 6.06. The highest BCUT2D eigenvalue weighted by Gasteiger charge is 2.17. The van der Waals surface area contributed by atoms with Crippen molar-refractivity contribution in [3.8, 4) is 23.6 Å². The largest absolute Gasteiger partial charge is 0.496 e. The molecule has 4 aromatic carbocycles. The Morgan fingerprint density at radius 3 is 1.75 bits per heavy atom.